The summed E-state index contributed by atoms with van der Waals surface area (Å²) >= 11 is 0. The minimum atomic E-state index is 1.16. The molecule has 0 spiro atoms. The van der Waals surface area contributed by atoms with Gasteiger partial charge in [0.05, 0.1) is 13.1 Å². The van der Waals surface area contributed by atoms with E-state index in [0.717, 1.165) is 13.1 Å². The highest BCUT2D eigenvalue weighted by atomic mass is 15.1. The zero-order valence-corrected chi connectivity index (χ0v) is 15.2. The molecular formula is C24H26N2+2. The third-order valence-electron chi connectivity index (χ3n) is 5.11. The first-order valence-corrected chi connectivity index (χ1v) is 9.67. The lowest BCUT2D eigenvalue weighted by atomic mass is 10.1. The Morgan fingerprint density at radius 2 is 1.04 bits per heavy atom. The van der Waals surface area contributed by atoms with Crippen molar-refractivity contribution in [1.82, 2.24) is 0 Å². The Morgan fingerprint density at radius 3 is 1.54 bits per heavy atom. The first-order chi connectivity index (χ1) is 12.9. The number of hydrogen-bond donors (Lipinski definition) is 2. The highest BCUT2D eigenvalue weighted by Crippen LogP contribution is 1.96. The second-order valence-corrected chi connectivity index (χ2v) is 7.10. The van der Waals surface area contributed by atoms with Crippen molar-refractivity contribution in [2.75, 3.05) is 13.1 Å². The zero-order chi connectivity index (χ0) is 17.6. The molecular weight excluding hydrogens is 316 g/mol. The molecule has 0 aromatic heterocycles. The number of benzene rings is 2. The second-order valence-electron chi connectivity index (χ2n) is 7.10. The van der Waals surface area contributed by atoms with E-state index in [1.54, 1.807) is 0 Å². The van der Waals surface area contributed by atoms with Crippen LogP contribution >= 0.6 is 0 Å². The van der Waals surface area contributed by atoms with Gasteiger partial charge in [-0.05, 0) is 49.9 Å². The standard InChI is InChI=1S/C24H24N2/c1(7-15-25-17-13-21-9-3-5-11-23(21)19-25)2-8-16-26-18-14-22-10-4-6-12-24(22)20-26/h3-6,9-12,17-20H,1-2,7-8,15-16H2/p+2. The molecule has 2 heteroatoms. The maximum atomic E-state index is 3.40. The number of nitrogens with one attached hydrogen (secondary N) is 2. The van der Waals surface area contributed by atoms with Gasteiger partial charge < -0.3 is 0 Å². The molecule has 2 aromatic rings. The van der Waals surface area contributed by atoms with Crippen LogP contribution in [-0.2, 0) is 0 Å². The van der Waals surface area contributed by atoms with Crippen LogP contribution in [0.25, 0.3) is 23.9 Å². The Hall–Kier alpha value is -2.60. The molecule has 2 heterocycles. The van der Waals surface area contributed by atoms with E-state index in [4.69, 9.17) is 0 Å². The average Bonchev–Trinajstić information content (AvgIpc) is 2.70. The fourth-order valence-corrected chi connectivity index (χ4v) is 3.63. The number of fused-ring (bicyclic) bond motifs is 2. The Balaban J connectivity index is 1.19. The maximum Gasteiger partial charge on any atom is 0.143 e. The first-order valence-electron chi connectivity index (χ1n) is 9.67. The van der Waals surface area contributed by atoms with Gasteiger partial charge in [0.2, 0.25) is 0 Å². The van der Waals surface area contributed by atoms with Crippen molar-refractivity contribution in [1.29, 1.82) is 0 Å². The summed E-state index contributed by atoms with van der Waals surface area (Å²) in [6.07, 6.45) is 14.1. The van der Waals surface area contributed by atoms with Gasteiger partial charge in [-0.2, -0.15) is 0 Å². The van der Waals surface area contributed by atoms with E-state index < -0.39 is 0 Å². The summed E-state index contributed by atoms with van der Waals surface area (Å²) in [6.45, 7) is 2.32. The van der Waals surface area contributed by atoms with Crippen molar-refractivity contribution >= 4 is 23.9 Å². The van der Waals surface area contributed by atoms with Gasteiger partial charge in [-0.1, -0.05) is 35.7 Å². The molecule has 4 rings (SSSR count). The van der Waals surface area contributed by atoms with Gasteiger partial charge in [-0.25, -0.2) is 0 Å². The smallest absolute Gasteiger partial charge is 0.143 e. The van der Waals surface area contributed by atoms with E-state index in [2.05, 4.69) is 84.8 Å². The van der Waals surface area contributed by atoms with Crippen molar-refractivity contribution in [3.05, 3.63) is 81.8 Å². The average molecular weight is 342 g/mol. The molecule has 2 aliphatic heterocycles. The molecule has 2 N–H and O–H groups in total. The topological polar surface area (TPSA) is 8.88 Å². The van der Waals surface area contributed by atoms with E-state index >= 15 is 0 Å². The highest BCUT2D eigenvalue weighted by molar-refractivity contribution is 5.30. The lowest BCUT2D eigenvalue weighted by Crippen LogP contribution is -3.03. The molecule has 0 aliphatic carbocycles. The van der Waals surface area contributed by atoms with Gasteiger partial charge in [0, 0.05) is 20.9 Å². The number of hydrogen-bond acceptors (Lipinski definition) is 0. The summed E-state index contributed by atoms with van der Waals surface area (Å²) in [4.78, 5) is 2.82. The molecule has 2 nitrogen and oxygen atoms in total. The van der Waals surface area contributed by atoms with Gasteiger partial charge in [0.15, 0.2) is 0 Å². The predicted molar refractivity (Wildman–Crippen MR) is 106 cm³/mol. The van der Waals surface area contributed by atoms with Crippen LogP contribution in [0.4, 0.5) is 0 Å². The van der Waals surface area contributed by atoms with Gasteiger partial charge >= 0.3 is 0 Å². The van der Waals surface area contributed by atoms with Gasteiger partial charge in [0.25, 0.3) is 0 Å². The van der Waals surface area contributed by atoms with Crippen molar-refractivity contribution in [2.45, 2.75) is 25.7 Å². The van der Waals surface area contributed by atoms with Gasteiger partial charge in [0.1, 0.15) is 24.8 Å². The third kappa shape index (κ3) is 4.14. The molecule has 0 fully saturated rings. The SMILES string of the molecule is C1=C[NH+](CCCCCC[NH+]2C=C=c3ccccc3=C2)C=c2ccccc2=1. The monoisotopic (exact) mass is 342 g/mol. The van der Waals surface area contributed by atoms with E-state index in [9.17, 15) is 0 Å². The van der Waals surface area contributed by atoms with E-state index in [1.807, 2.05) is 0 Å². The molecule has 0 radical (unpaired) electrons. The summed E-state index contributed by atoms with van der Waals surface area (Å²) < 4.78 is 0. The second kappa shape index (κ2) is 8.19. The van der Waals surface area contributed by atoms with E-state index in [-0.39, 0.29) is 0 Å². The first kappa shape index (κ1) is 16.8. The summed E-state index contributed by atoms with van der Waals surface area (Å²) in [5.41, 5.74) is 6.81. The van der Waals surface area contributed by atoms with Crippen molar-refractivity contribution in [3.8, 4) is 0 Å². The van der Waals surface area contributed by atoms with Crippen LogP contribution in [0.2, 0.25) is 0 Å². The molecule has 0 saturated carbocycles. The molecule has 0 bridgehead atoms. The molecule has 0 amide bonds. The molecule has 2 unspecified atom stereocenters. The van der Waals surface area contributed by atoms with Gasteiger partial charge in [-0.15, -0.1) is 0 Å². The third-order valence-corrected chi connectivity index (χ3v) is 5.11. The molecule has 2 aromatic carbocycles. The summed E-state index contributed by atoms with van der Waals surface area (Å²) in [7, 11) is 0. The van der Waals surface area contributed by atoms with Crippen LogP contribution in [0.1, 0.15) is 25.7 Å². The molecule has 0 saturated heterocycles. The molecule has 26 heavy (non-hydrogen) atoms. The Bertz CT molecular complexity index is 994. The van der Waals surface area contributed by atoms with E-state index in [0.29, 0.717) is 0 Å². The van der Waals surface area contributed by atoms with Crippen molar-refractivity contribution in [3.63, 3.8) is 0 Å². The van der Waals surface area contributed by atoms with Crippen LogP contribution in [0.3, 0.4) is 0 Å². The Morgan fingerprint density at radius 1 is 0.577 bits per heavy atom. The summed E-state index contributed by atoms with van der Waals surface area (Å²) in [5, 5.41) is 5.03. The maximum absolute atomic E-state index is 3.40. The predicted octanol–water partition coefficient (Wildman–Crippen LogP) is -0.994. The lowest BCUT2D eigenvalue weighted by Gasteiger charge is -2.11. The minimum absolute atomic E-state index is 1.16. The normalized spacial score (nSPS) is 19.4. The van der Waals surface area contributed by atoms with Crippen LogP contribution in [0, 0.1) is 0 Å². The molecule has 2 aliphatic rings. The largest absolute Gasteiger partial charge is 0.275 e. The molecule has 130 valence electrons. The van der Waals surface area contributed by atoms with Crippen LogP contribution in [0.5, 0.6) is 0 Å². The van der Waals surface area contributed by atoms with Gasteiger partial charge in [-0.3, -0.25) is 9.80 Å². The molecule has 2 atom stereocenters. The van der Waals surface area contributed by atoms with Crippen LogP contribution in [-0.4, -0.2) is 13.1 Å². The fraction of sp³-hybridized carbons (Fsp3) is 0.250. The summed E-state index contributed by atoms with van der Waals surface area (Å²) in [5.74, 6) is 0. The van der Waals surface area contributed by atoms with Crippen molar-refractivity contribution < 1.29 is 9.80 Å². The van der Waals surface area contributed by atoms with Crippen molar-refractivity contribution in [2.24, 2.45) is 0 Å². The summed E-state index contributed by atoms with van der Waals surface area (Å²) in [6, 6.07) is 17.0. The fourth-order valence-electron chi connectivity index (χ4n) is 3.63. The van der Waals surface area contributed by atoms with E-state index in [1.165, 1.54) is 56.4 Å². The Labute approximate surface area is 154 Å². The van der Waals surface area contributed by atoms with Crippen LogP contribution < -0.4 is 30.7 Å². The lowest BCUT2D eigenvalue weighted by molar-refractivity contribution is -0.760. The highest BCUT2D eigenvalue weighted by Gasteiger charge is 2.06. The minimum Gasteiger partial charge on any atom is -0.275 e. The van der Waals surface area contributed by atoms with Crippen LogP contribution in [0.15, 0.2) is 60.9 Å². The number of unbranched alkanes of at least 4 members (excludes halogenated alkanes) is 3. The quantitative estimate of drug-likeness (QED) is 0.598. The number of quaternary nitrogens is 2. The number of rotatable bonds is 7. The zero-order valence-electron chi connectivity index (χ0n) is 15.2. The Kier molecular flexibility index (Phi) is 5.30.